The molecule has 0 aromatic carbocycles. The molecule has 0 fully saturated rings. The SMILES string of the molecule is O=C(O)CCC(=O)NCCCOCCOCCOCCOCCOCCOCCOCCOCCOCCOCCBr. The first kappa shape index (κ1) is 41.0. The lowest BCUT2D eigenvalue weighted by atomic mass is 10.3. The predicted molar refractivity (Wildman–Crippen MR) is 156 cm³/mol. The zero-order chi connectivity index (χ0) is 30.6. The standard InChI is InChI=1S/C27H52BrNO13/c28-4-7-34-9-11-36-13-15-38-17-19-40-21-23-42-25-24-41-22-20-39-18-16-37-14-12-35-10-8-33-6-1-5-29-26(30)2-3-27(31)32/h1-25H2,(H,29,30)(H,31,32). The summed E-state index contributed by atoms with van der Waals surface area (Å²) in [6, 6.07) is 0. The smallest absolute Gasteiger partial charge is 0.303 e. The lowest BCUT2D eigenvalue weighted by Crippen LogP contribution is -2.25. The Morgan fingerprint density at radius 1 is 0.452 bits per heavy atom. The lowest BCUT2D eigenvalue weighted by molar-refractivity contribution is -0.138. The average Bonchev–Trinajstić information content (AvgIpc) is 2.98. The molecule has 0 saturated heterocycles. The predicted octanol–water partition coefficient (Wildman–Crippen LogP) is 0.918. The number of amides is 1. The van der Waals surface area contributed by atoms with Gasteiger partial charge in [0, 0.05) is 24.9 Å². The highest BCUT2D eigenvalue weighted by atomic mass is 79.9. The monoisotopic (exact) mass is 677 g/mol. The van der Waals surface area contributed by atoms with Gasteiger partial charge in [0.1, 0.15) is 0 Å². The molecule has 0 rings (SSSR count). The van der Waals surface area contributed by atoms with Crippen LogP contribution in [0.4, 0.5) is 0 Å². The van der Waals surface area contributed by atoms with E-state index in [2.05, 4.69) is 21.2 Å². The molecule has 0 unspecified atom stereocenters. The van der Waals surface area contributed by atoms with Crippen molar-refractivity contribution in [2.75, 3.05) is 144 Å². The van der Waals surface area contributed by atoms with E-state index in [4.69, 9.17) is 52.5 Å². The lowest BCUT2D eigenvalue weighted by Gasteiger charge is -2.09. The molecule has 250 valence electrons. The third-order valence-corrected chi connectivity index (χ3v) is 5.25. The maximum Gasteiger partial charge on any atom is 0.303 e. The minimum Gasteiger partial charge on any atom is -0.481 e. The van der Waals surface area contributed by atoms with Gasteiger partial charge in [0.05, 0.1) is 132 Å². The molecule has 0 aliphatic rings. The fourth-order valence-electron chi connectivity index (χ4n) is 2.85. The second-order valence-corrected chi connectivity index (χ2v) is 9.20. The van der Waals surface area contributed by atoms with Crippen molar-refractivity contribution < 1.29 is 62.1 Å². The van der Waals surface area contributed by atoms with E-state index in [0.29, 0.717) is 145 Å². The van der Waals surface area contributed by atoms with Crippen LogP contribution in [0.3, 0.4) is 0 Å². The second kappa shape index (κ2) is 36.2. The van der Waals surface area contributed by atoms with E-state index < -0.39 is 5.97 Å². The van der Waals surface area contributed by atoms with Gasteiger partial charge in [0.25, 0.3) is 0 Å². The molecule has 0 saturated carbocycles. The number of hydrogen-bond donors (Lipinski definition) is 2. The number of carboxylic acid groups (broad SMARTS) is 1. The Kier molecular flexibility index (Phi) is 35.4. The molecule has 0 radical (unpaired) electrons. The van der Waals surface area contributed by atoms with Crippen molar-refractivity contribution in [1.82, 2.24) is 5.32 Å². The maximum atomic E-state index is 11.3. The van der Waals surface area contributed by atoms with E-state index in [1.54, 1.807) is 0 Å². The van der Waals surface area contributed by atoms with E-state index in [1.807, 2.05) is 0 Å². The van der Waals surface area contributed by atoms with Gasteiger partial charge in [-0.15, -0.1) is 0 Å². The van der Waals surface area contributed by atoms with Crippen LogP contribution in [0.2, 0.25) is 0 Å². The molecule has 14 nitrogen and oxygen atoms in total. The second-order valence-electron chi connectivity index (χ2n) is 8.41. The van der Waals surface area contributed by atoms with Crippen molar-refractivity contribution in [2.24, 2.45) is 0 Å². The molecule has 15 heteroatoms. The van der Waals surface area contributed by atoms with Crippen LogP contribution >= 0.6 is 15.9 Å². The third-order valence-electron chi connectivity index (χ3n) is 4.92. The first-order valence-electron chi connectivity index (χ1n) is 14.5. The molecular formula is C27H52BrNO13. The minimum absolute atomic E-state index is 0.00802. The van der Waals surface area contributed by atoms with Crippen molar-refractivity contribution in [2.45, 2.75) is 19.3 Å². The number of carboxylic acids is 1. The molecule has 0 bridgehead atoms. The van der Waals surface area contributed by atoms with Crippen LogP contribution in [-0.2, 0) is 57.0 Å². The van der Waals surface area contributed by atoms with E-state index in [-0.39, 0.29) is 18.7 Å². The van der Waals surface area contributed by atoms with Crippen LogP contribution in [0, 0.1) is 0 Å². The number of ether oxygens (including phenoxy) is 10. The molecule has 0 aliphatic carbocycles. The molecule has 1 amide bonds. The quantitative estimate of drug-likeness (QED) is 0.0713. The van der Waals surface area contributed by atoms with Crippen molar-refractivity contribution in [3.63, 3.8) is 0 Å². The van der Waals surface area contributed by atoms with Crippen LogP contribution in [0.5, 0.6) is 0 Å². The third kappa shape index (κ3) is 37.0. The zero-order valence-corrected chi connectivity index (χ0v) is 26.5. The summed E-state index contributed by atoms with van der Waals surface area (Å²) in [6.07, 6.45) is 0.484. The van der Waals surface area contributed by atoms with Crippen LogP contribution in [0.25, 0.3) is 0 Å². The molecule has 0 aromatic heterocycles. The highest BCUT2D eigenvalue weighted by molar-refractivity contribution is 9.09. The van der Waals surface area contributed by atoms with Crippen LogP contribution in [0.1, 0.15) is 19.3 Å². The van der Waals surface area contributed by atoms with E-state index >= 15 is 0 Å². The summed E-state index contributed by atoms with van der Waals surface area (Å²) in [5.41, 5.74) is 0. The highest BCUT2D eigenvalue weighted by Gasteiger charge is 2.04. The van der Waals surface area contributed by atoms with Gasteiger partial charge in [-0.1, -0.05) is 15.9 Å². The Labute approximate surface area is 258 Å². The summed E-state index contributed by atoms with van der Waals surface area (Å²) in [6.45, 7) is 10.7. The molecule has 42 heavy (non-hydrogen) atoms. The summed E-state index contributed by atoms with van der Waals surface area (Å²) < 4.78 is 54.1. The molecule has 2 N–H and O–H groups in total. The number of nitrogens with one attached hydrogen (secondary N) is 1. The van der Waals surface area contributed by atoms with Crippen LogP contribution in [0.15, 0.2) is 0 Å². The van der Waals surface area contributed by atoms with Gasteiger partial charge in [0.15, 0.2) is 0 Å². The Morgan fingerprint density at radius 3 is 1.02 bits per heavy atom. The van der Waals surface area contributed by atoms with Gasteiger partial charge in [-0.05, 0) is 6.42 Å². The Hall–Kier alpha value is -0.980. The number of carbonyl (C=O) groups excluding carboxylic acids is 1. The van der Waals surface area contributed by atoms with E-state index in [0.717, 1.165) is 5.33 Å². The first-order chi connectivity index (χ1) is 20.7. The topological polar surface area (TPSA) is 159 Å². The van der Waals surface area contributed by atoms with Crippen LogP contribution in [-0.4, -0.2) is 161 Å². The van der Waals surface area contributed by atoms with Crippen molar-refractivity contribution in [3.8, 4) is 0 Å². The highest BCUT2D eigenvalue weighted by Crippen LogP contribution is 1.90. The summed E-state index contributed by atoms with van der Waals surface area (Å²) in [5, 5.41) is 12.0. The average molecular weight is 679 g/mol. The van der Waals surface area contributed by atoms with E-state index in [1.165, 1.54) is 0 Å². The van der Waals surface area contributed by atoms with Crippen molar-refractivity contribution in [3.05, 3.63) is 0 Å². The van der Waals surface area contributed by atoms with Gasteiger partial charge in [-0.25, -0.2) is 0 Å². The van der Waals surface area contributed by atoms with Gasteiger partial charge >= 0.3 is 5.97 Å². The van der Waals surface area contributed by atoms with Gasteiger partial charge in [0.2, 0.25) is 5.91 Å². The zero-order valence-electron chi connectivity index (χ0n) is 24.9. The Morgan fingerprint density at radius 2 is 0.738 bits per heavy atom. The number of carbonyl (C=O) groups is 2. The summed E-state index contributed by atoms with van der Waals surface area (Å²) >= 11 is 3.29. The Bertz CT molecular complexity index is 578. The summed E-state index contributed by atoms with van der Waals surface area (Å²) in [5.74, 6) is -1.25. The molecular weight excluding hydrogens is 626 g/mol. The summed E-state index contributed by atoms with van der Waals surface area (Å²) in [4.78, 5) is 21.7. The fourth-order valence-corrected chi connectivity index (χ4v) is 3.08. The largest absolute Gasteiger partial charge is 0.481 e. The van der Waals surface area contributed by atoms with Gasteiger partial charge in [-0.2, -0.15) is 0 Å². The van der Waals surface area contributed by atoms with Crippen molar-refractivity contribution in [1.29, 1.82) is 0 Å². The number of hydrogen-bond acceptors (Lipinski definition) is 12. The van der Waals surface area contributed by atoms with E-state index in [9.17, 15) is 9.59 Å². The number of aliphatic carboxylic acids is 1. The number of halogens is 1. The molecule has 0 aromatic rings. The fraction of sp³-hybridized carbons (Fsp3) is 0.926. The molecule has 0 spiro atoms. The minimum atomic E-state index is -0.981. The molecule has 0 atom stereocenters. The summed E-state index contributed by atoms with van der Waals surface area (Å²) in [7, 11) is 0. The Balaban J connectivity index is 3.08. The van der Waals surface area contributed by atoms with Crippen molar-refractivity contribution >= 4 is 27.8 Å². The van der Waals surface area contributed by atoms with Crippen LogP contribution < -0.4 is 5.32 Å². The normalized spacial score (nSPS) is 11.3. The number of alkyl halides is 1. The number of rotatable bonds is 36. The van der Waals surface area contributed by atoms with Gasteiger partial charge in [-0.3, -0.25) is 9.59 Å². The molecule has 0 heterocycles. The van der Waals surface area contributed by atoms with Gasteiger partial charge < -0.3 is 57.8 Å². The molecule has 0 aliphatic heterocycles. The maximum absolute atomic E-state index is 11.3. The first-order valence-corrected chi connectivity index (χ1v) is 15.6.